The Kier molecular flexibility index (Phi) is 2.40. The lowest BCUT2D eigenvalue weighted by atomic mass is 10.1. The van der Waals surface area contributed by atoms with Crippen LogP contribution in [0.15, 0.2) is 36.8 Å². The molecule has 0 fully saturated rings. The van der Waals surface area contributed by atoms with E-state index < -0.39 is 0 Å². The van der Waals surface area contributed by atoms with Gasteiger partial charge in [0.25, 0.3) is 0 Å². The molecule has 1 aromatic carbocycles. The van der Waals surface area contributed by atoms with Crippen molar-refractivity contribution in [2.75, 3.05) is 17.2 Å². The molecule has 2 aromatic rings. The number of hydrogen-bond acceptors (Lipinski definition) is 4. The first kappa shape index (κ1) is 10.1. The minimum Gasteiger partial charge on any atom is -0.399 e. The molecule has 0 aliphatic carbocycles. The minimum atomic E-state index is 0.800. The normalized spacial score (nSPS) is 14.5. The van der Waals surface area contributed by atoms with E-state index in [0.29, 0.717) is 0 Å². The van der Waals surface area contributed by atoms with Crippen molar-refractivity contribution in [3.63, 3.8) is 0 Å². The summed E-state index contributed by atoms with van der Waals surface area (Å²) in [4.78, 5) is 10.7. The van der Waals surface area contributed by atoms with E-state index in [9.17, 15) is 0 Å². The number of anilines is 2. The third kappa shape index (κ3) is 1.93. The van der Waals surface area contributed by atoms with Crippen molar-refractivity contribution in [2.24, 2.45) is 0 Å². The summed E-state index contributed by atoms with van der Waals surface area (Å²) in [6, 6.07) is 7.99. The standard InChI is InChI=1S/C13H14N4/c14-11-1-3-12(4-2-11)17-6-5-13-10(8-17)7-15-9-16-13/h1-4,7,9H,5-6,8,14H2. The maximum Gasteiger partial charge on any atom is 0.115 e. The molecule has 17 heavy (non-hydrogen) atoms. The largest absolute Gasteiger partial charge is 0.399 e. The Hall–Kier alpha value is -2.10. The first-order chi connectivity index (χ1) is 8.33. The van der Waals surface area contributed by atoms with Crippen molar-refractivity contribution in [1.29, 1.82) is 0 Å². The zero-order valence-electron chi connectivity index (χ0n) is 9.50. The average molecular weight is 226 g/mol. The smallest absolute Gasteiger partial charge is 0.115 e. The molecule has 3 rings (SSSR count). The Morgan fingerprint density at radius 2 is 2.00 bits per heavy atom. The summed E-state index contributed by atoms with van der Waals surface area (Å²) in [7, 11) is 0. The van der Waals surface area contributed by atoms with Gasteiger partial charge in [-0.1, -0.05) is 0 Å². The Balaban J connectivity index is 1.86. The zero-order chi connectivity index (χ0) is 11.7. The summed E-state index contributed by atoms with van der Waals surface area (Å²) in [6.07, 6.45) is 4.51. The molecule has 0 saturated heterocycles. The molecular formula is C13H14N4. The van der Waals surface area contributed by atoms with Crippen molar-refractivity contribution in [3.05, 3.63) is 48.0 Å². The third-order valence-electron chi connectivity index (χ3n) is 3.12. The molecule has 0 spiro atoms. The highest BCUT2D eigenvalue weighted by Gasteiger charge is 2.17. The molecule has 2 N–H and O–H groups in total. The molecule has 0 saturated carbocycles. The quantitative estimate of drug-likeness (QED) is 0.751. The molecule has 0 radical (unpaired) electrons. The van der Waals surface area contributed by atoms with Crippen molar-refractivity contribution in [1.82, 2.24) is 9.97 Å². The van der Waals surface area contributed by atoms with Crippen LogP contribution >= 0.6 is 0 Å². The van der Waals surface area contributed by atoms with E-state index in [1.165, 1.54) is 16.9 Å². The van der Waals surface area contributed by atoms with Gasteiger partial charge in [-0.3, -0.25) is 0 Å². The van der Waals surface area contributed by atoms with Crippen molar-refractivity contribution in [3.8, 4) is 0 Å². The number of nitrogens with two attached hydrogens (primary N) is 1. The molecular weight excluding hydrogens is 212 g/mol. The van der Waals surface area contributed by atoms with E-state index in [-0.39, 0.29) is 0 Å². The highest BCUT2D eigenvalue weighted by molar-refractivity contribution is 5.54. The van der Waals surface area contributed by atoms with E-state index in [4.69, 9.17) is 5.73 Å². The van der Waals surface area contributed by atoms with Crippen LogP contribution < -0.4 is 10.6 Å². The third-order valence-corrected chi connectivity index (χ3v) is 3.12. The van der Waals surface area contributed by atoms with Crippen LogP contribution in [0.1, 0.15) is 11.3 Å². The summed E-state index contributed by atoms with van der Waals surface area (Å²) < 4.78 is 0. The zero-order valence-corrected chi connectivity index (χ0v) is 9.50. The number of nitrogens with zero attached hydrogens (tertiary/aromatic N) is 3. The fraction of sp³-hybridized carbons (Fsp3) is 0.231. The predicted molar refractivity (Wildman–Crippen MR) is 67.6 cm³/mol. The van der Waals surface area contributed by atoms with Crippen LogP contribution in [0.4, 0.5) is 11.4 Å². The topological polar surface area (TPSA) is 55.0 Å². The van der Waals surface area contributed by atoms with Gasteiger partial charge in [0.05, 0.1) is 5.69 Å². The summed E-state index contributed by atoms with van der Waals surface area (Å²) in [5.74, 6) is 0. The van der Waals surface area contributed by atoms with E-state index >= 15 is 0 Å². The minimum absolute atomic E-state index is 0.800. The number of hydrogen-bond donors (Lipinski definition) is 1. The second-order valence-electron chi connectivity index (χ2n) is 4.26. The molecule has 0 atom stereocenters. The van der Waals surface area contributed by atoms with Gasteiger partial charge in [-0.05, 0) is 24.3 Å². The molecule has 4 nitrogen and oxygen atoms in total. The molecule has 1 aliphatic heterocycles. The number of aromatic nitrogens is 2. The molecule has 1 aliphatic rings. The van der Waals surface area contributed by atoms with Crippen molar-refractivity contribution >= 4 is 11.4 Å². The van der Waals surface area contributed by atoms with Crippen LogP contribution in [-0.2, 0) is 13.0 Å². The van der Waals surface area contributed by atoms with Crippen molar-refractivity contribution < 1.29 is 0 Å². The molecule has 1 aromatic heterocycles. The summed E-state index contributed by atoms with van der Waals surface area (Å²) in [5.41, 5.74) is 10.1. The van der Waals surface area contributed by atoms with Crippen molar-refractivity contribution in [2.45, 2.75) is 13.0 Å². The lowest BCUT2D eigenvalue weighted by molar-refractivity contribution is 0.705. The predicted octanol–water partition coefficient (Wildman–Crippen LogP) is 1.62. The number of rotatable bonds is 1. The summed E-state index contributed by atoms with van der Waals surface area (Å²) >= 11 is 0. The van der Waals surface area contributed by atoms with Crippen LogP contribution in [0.5, 0.6) is 0 Å². The Bertz CT molecular complexity index is 521. The number of nitrogen functional groups attached to an aromatic ring is 1. The van der Waals surface area contributed by atoms with E-state index in [2.05, 4.69) is 27.0 Å². The number of fused-ring (bicyclic) bond motifs is 1. The van der Waals surface area contributed by atoms with Gasteiger partial charge in [-0.2, -0.15) is 0 Å². The van der Waals surface area contributed by atoms with Gasteiger partial charge < -0.3 is 10.6 Å². The Morgan fingerprint density at radius 1 is 1.18 bits per heavy atom. The fourth-order valence-electron chi connectivity index (χ4n) is 2.17. The molecule has 0 amide bonds. The second-order valence-corrected chi connectivity index (χ2v) is 4.26. The second kappa shape index (κ2) is 4.05. The van der Waals surface area contributed by atoms with Crippen LogP contribution in [-0.4, -0.2) is 16.5 Å². The molecule has 0 bridgehead atoms. The summed E-state index contributed by atoms with van der Waals surface area (Å²) in [6.45, 7) is 1.87. The van der Waals surface area contributed by atoms with Gasteiger partial charge >= 0.3 is 0 Å². The highest BCUT2D eigenvalue weighted by atomic mass is 15.1. The Morgan fingerprint density at radius 3 is 2.82 bits per heavy atom. The first-order valence-corrected chi connectivity index (χ1v) is 5.71. The van der Waals surface area contributed by atoms with E-state index in [1.54, 1.807) is 6.33 Å². The van der Waals surface area contributed by atoms with Crippen LogP contribution in [0.2, 0.25) is 0 Å². The van der Waals surface area contributed by atoms with Crippen LogP contribution in [0.25, 0.3) is 0 Å². The summed E-state index contributed by atoms with van der Waals surface area (Å²) in [5, 5.41) is 0. The molecule has 2 heterocycles. The fourth-order valence-corrected chi connectivity index (χ4v) is 2.17. The van der Waals surface area contributed by atoms with E-state index in [1.807, 2.05) is 18.3 Å². The monoisotopic (exact) mass is 226 g/mol. The maximum absolute atomic E-state index is 5.69. The van der Waals surface area contributed by atoms with E-state index in [0.717, 1.165) is 25.2 Å². The van der Waals surface area contributed by atoms with Gasteiger partial charge in [0.1, 0.15) is 6.33 Å². The van der Waals surface area contributed by atoms with Crippen LogP contribution in [0.3, 0.4) is 0 Å². The Labute approximate surface area is 100 Å². The van der Waals surface area contributed by atoms with Gasteiger partial charge in [-0.25, -0.2) is 9.97 Å². The van der Waals surface area contributed by atoms with Gasteiger partial charge in [0.15, 0.2) is 0 Å². The average Bonchev–Trinajstić information content (AvgIpc) is 2.39. The molecule has 86 valence electrons. The lowest BCUT2D eigenvalue weighted by Crippen LogP contribution is -2.30. The first-order valence-electron chi connectivity index (χ1n) is 5.71. The van der Waals surface area contributed by atoms with Gasteiger partial charge in [0.2, 0.25) is 0 Å². The van der Waals surface area contributed by atoms with Crippen LogP contribution in [0, 0.1) is 0 Å². The number of benzene rings is 1. The SMILES string of the molecule is Nc1ccc(N2CCc3ncncc3C2)cc1. The van der Waals surface area contributed by atoms with Gasteiger partial charge in [0, 0.05) is 42.6 Å². The van der Waals surface area contributed by atoms with Gasteiger partial charge in [-0.15, -0.1) is 0 Å². The molecule has 4 heteroatoms. The molecule has 0 unspecified atom stereocenters. The maximum atomic E-state index is 5.69. The highest BCUT2D eigenvalue weighted by Crippen LogP contribution is 2.23. The lowest BCUT2D eigenvalue weighted by Gasteiger charge is -2.29.